The van der Waals surface area contributed by atoms with Crippen LogP contribution < -0.4 is 9.47 Å². The van der Waals surface area contributed by atoms with E-state index in [0.29, 0.717) is 17.3 Å². The maximum absolute atomic E-state index is 6.33. The van der Waals surface area contributed by atoms with Crippen molar-refractivity contribution in [1.29, 1.82) is 0 Å². The molecule has 5 rings (SSSR count). The SMILES string of the molecule is CCCN1CCC(Oc2ccc3[nH]c(-c4cc(OC)c5ncnn5c4)c(C(C)C)c3n2)CC1. The molecule has 1 aliphatic rings. The Morgan fingerprint density at radius 1 is 1.21 bits per heavy atom. The molecule has 0 aliphatic carbocycles. The van der Waals surface area contributed by atoms with Gasteiger partial charge in [0, 0.05) is 36.5 Å². The lowest BCUT2D eigenvalue weighted by Gasteiger charge is -2.31. The first-order valence-corrected chi connectivity index (χ1v) is 11.9. The fraction of sp³-hybridized carbons (Fsp3) is 0.480. The summed E-state index contributed by atoms with van der Waals surface area (Å²) in [4.78, 5) is 15.3. The number of pyridine rings is 2. The van der Waals surface area contributed by atoms with Gasteiger partial charge in [-0.25, -0.2) is 14.5 Å². The Hall–Kier alpha value is -3.13. The minimum absolute atomic E-state index is 0.225. The molecule has 1 saturated heterocycles. The van der Waals surface area contributed by atoms with Gasteiger partial charge < -0.3 is 19.4 Å². The van der Waals surface area contributed by atoms with Crippen LogP contribution in [-0.4, -0.2) is 62.3 Å². The zero-order valence-corrected chi connectivity index (χ0v) is 19.8. The third kappa shape index (κ3) is 4.15. The van der Waals surface area contributed by atoms with Gasteiger partial charge in [-0.15, -0.1) is 0 Å². The highest BCUT2D eigenvalue weighted by Gasteiger charge is 2.23. The van der Waals surface area contributed by atoms with Crippen LogP contribution in [0.5, 0.6) is 11.6 Å². The number of aromatic amines is 1. The van der Waals surface area contributed by atoms with E-state index >= 15 is 0 Å². The Kier molecular flexibility index (Phi) is 5.93. The number of H-pyrrole nitrogens is 1. The van der Waals surface area contributed by atoms with Crippen molar-refractivity contribution in [2.75, 3.05) is 26.7 Å². The quantitative estimate of drug-likeness (QED) is 0.443. The summed E-state index contributed by atoms with van der Waals surface area (Å²) in [5.41, 5.74) is 5.82. The van der Waals surface area contributed by atoms with Gasteiger partial charge in [0.05, 0.1) is 23.8 Å². The Morgan fingerprint density at radius 3 is 2.76 bits per heavy atom. The molecule has 0 saturated carbocycles. The highest BCUT2D eigenvalue weighted by atomic mass is 16.5. The molecule has 0 bridgehead atoms. The van der Waals surface area contributed by atoms with Crippen LogP contribution in [0, 0.1) is 0 Å². The lowest BCUT2D eigenvalue weighted by molar-refractivity contribution is 0.0972. The fourth-order valence-electron chi connectivity index (χ4n) is 4.84. The maximum atomic E-state index is 6.33. The summed E-state index contributed by atoms with van der Waals surface area (Å²) in [6, 6.07) is 6.05. The first-order chi connectivity index (χ1) is 16.1. The molecule has 33 heavy (non-hydrogen) atoms. The summed E-state index contributed by atoms with van der Waals surface area (Å²) in [7, 11) is 1.65. The van der Waals surface area contributed by atoms with Gasteiger partial charge in [-0.2, -0.15) is 5.10 Å². The normalized spacial score (nSPS) is 15.7. The minimum atomic E-state index is 0.225. The molecule has 8 heteroatoms. The number of hydrogen-bond donors (Lipinski definition) is 1. The molecule has 1 N–H and O–H groups in total. The van der Waals surface area contributed by atoms with E-state index in [1.807, 2.05) is 18.3 Å². The number of aromatic nitrogens is 5. The second-order valence-electron chi connectivity index (χ2n) is 9.10. The monoisotopic (exact) mass is 448 g/mol. The summed E-state index contributed by atoms with van der Waals surface area (Å²) < 4.78 is 13.6. The molecule has 0 atom stereocenters. The largest absolute Gasteiger partial charge is 0.493 e. The Morgan fingerprint density at radius 2 is 2.03 bits per heavy atom. The van der Waals surface area contributed by atoms with Crippen molar-refractivity contribution < 1.29 is 9.47 Å². The van der Waals surface area contributed by atoms with Crippen molar-refractivity contribution in [2.45, 2.75) is 52.1 Å². The van der Waals surface area contributed by atoms with Gasteiger partial charge in [0.25, 0.3) is 0 Å². The van der Waals surface area contributed by atoms with Gasteiger partial charge >= 0.3 is 0 Å². The van der Waals surface area contributed by atoms with Crippen LogP contribution >= 0.6 is 0 Å². The standard InChI is InChI=1S/C25H32N6O2/c1-5-10-30-11-8-18(9-12-30)33-21-7-6-19-24(29-21)22(16(2)3)23(28-19)17-13-20(32-4)25-26-15-27-31(25)14-17/h6-7,13-16,18,28H,5,8-12H2,1-4H3. The number of likely N-dealkylation sites (tertiary alicyclic amines) is 1. The number of piperidine rings is 1. The lowest BCUT2D eigenvalue weighted by atomic mass is 9.99. The van der Waals surface area contributed by atoms with Crippen molar-refractivity contribution >= 4 is 16.7 Å². The Labute approximate surface area is 193 Å². The predicted octanol–water partition coefficient (Wildman–Crippen LogP) is 4.66. The van der Waals surface area contributed by atoms with Crippen LogP contribution in [-0.2, 0) is 0 Å². The highest BCUT2D eigenvalue weighted by Crippen LogP contribution is 2.37. The molecule has 1 aliphatic heterocycles. The van der Waals surface area contributed by atoms with Crippen molar-refractivity contribution in [3.8, 4) is 22.9 Å². The van der Waals surface area contributed by atoms with E-state index in [0.717, 1.165) is 53.8 Å². The van der Waals surface area contributed by atoms with Crippen LogP contribution in [0.2, 0.25) is 0 Å². The van der Waals surface area contributed by atoms with E-state index < -0.39 is 0 Å². The summed E-state index contributed by atoms with van der Waals surface area (Å²) in [5, 5.41) is 4.31. The number of nitrogens with zero attached hydrogens (tertiary/aromatic N) is 5. The van der Waals surface area contributed by atoms with Crippen molar-refractivity contribution in [3.05, 3.63) is 36.3 Å². The second kappa shape index (κ2) is 9.02. The number of hydrogen-bond acceptors (Lipinski definition) is 6. The molecule has 4 aromatic heterocycles. The molecular formula is C25H32N6O2. The number of rotatable bonds is 7. The lowest BCUT2D eigenvalue weighted by Crippen LogP contribution is -2.38. The first kappa shape index (κ1) is 21.7. The van der Waals surface area contributed by atoms with E-state index in [9.17, 15) is 0 Å². The van der Waals surface area contributed by atoms with Gasteiger partial charge in [-0.1, -0.05) is 20.8 Å². The van der Waals surface area contributed by atoms with Gasteiger partial charge in [0.1, 0.15) is 12.4 Å². The van der Waals surface area contributed by atoms with Crippen molar-refractivity contribution in [2.24, 2.45) is 0 Å². The molecule has 4 aromatic rings. The second-order valence-corrected chi connectivity index (χ2v) is 9.10. The number of ether oxygens (including phenoxy) is 2. The summed E-state index contributed by atoms with van der Waals surface area (Å²) in [6.45, 7) is 9.98. The number of nitrogens with one attached hydrogen (secondary N) is 1. The van der Waals surface area contributed by atoms with Gasteiger partial charge in [0.2, 0.25) is 5.88 Å². The van der Waals surface area contributed by atoms with E-state index in [4.69, 9.17) is 14.5 Å². The Balaban J connectivity index is 1.48. The third-order valence-electron chi connectivity index (χ3n) is 6.44. The average Bonchev–Trinajstić information content (AvgIpc) is 3.44. The zero-order chi connectivity index (χ0) is 22.9. The van der Waals surface area contributed by atoms with Crippen LogP contribution in [0.25, 0.3) is 27.9 Å². The van der Waals surface area contributed by atoms with Crippen LogP contribution in [0.4, 0.5) is 0 Å². The minimum Gasteiger partial charge on any atom is -0.493 e. The van der Waals surface area contributed by atoms with E-state index in [2.05, 4.69) is 46.8 Å². The maximum Gasteiger partial charge on any atom is 0.214 e. The van der Waals surface area contributed by atoms with Crippen molar-refractivity contribution in [3.63, 3.8) is 0 Å². The molecule has 1 fully saturated rings. The molecule has 0 unspecified atom stereocenters. The van der Waals surface area contributed by atoms with Gasteiger partial charge in [-0.3, -0.25) is 0 Å². The van der Waals surface area contributed by atoms with Gasteiger partial charge in [0.15, 0.2) is 11.4 Å². The Bertz CT molecular complexity index is 1250. The van der Waals surface area contributed by atoms with E-state index in [-0.39, 0.29) is 12.0 Å². The van der Waals surface area contributed by atoms with Crippen LogP contribution in [0.3, 0.4) is 0 Å². The molecule has 0 amide bonds. The van der Waals surface area contributed by atoms with Crippen LogP contribution in [0.1, 0.15) is 51.5 Å². The average molecular weight is 449 g/mol. The van der Waals surface area contributed by atoms with Gasteiger partial charge in [-0.05, 0) is 43.9 Å². The molecule has 5 heterocycles. The van der Waals surface area contributed by atoms with Crippen LogP contribution in [0.15, 0.2) is 30.7 Å². The molecule has 174 valence electrons. The molecule has 0 aromatic carbocycles. The molecule has 8 nitrogen and oxygen atoms in total. The van der Waals surface area contributed by atoms with E-state index in [1.54, 1.807) is 11.6 Å². The summed E-state index contributed by atoms with van der Waals surface area (Å²) in [6.07, 6.45) is 7.03. The zero-order valence-electron chi connectivity index (χ0n) is 19.8. The topological polar surface area (TPSA) is 80.6 Å². The summed E-state index contributed by atoms with van der Waals surface area (Å²) in [5.74, 6) is 1.66. The predicted molar refractivity (Wildman–Crippen MR) is 129 cm³/mol. The smallest absolute Gasteiger partial charge is 0.214 e. The third-order valence-corrected chi connectivity index (χ3v) is 6.44. The summed E-state index contributed by atoms with van der Waals surface area (Å²) >= 11 is 0. The van der Waals surface area contributed by atoms with Crippen molar-refractivity contribution in [1.82, 2.24) is 29.5 Å². The first-order valence-electron chi connectivity index (χ1n) is 11.9. The fourth-order valence-corrected chi connectivity index (χ4v) is 4.84. The number of methoxy groups -OCH3 is 1. The molecule has 0 radical (unpaired) electrons. The number of fused-ring (bicyclic) bond motifs is 2. The molecular weight excluding hydrogens is 416 g/mol. The van der Waals surface area contributed by atoms with E-state index in [1.165, 1.54) is 19.3 Å². The highest BCUT2D eigenvalue weighted by molar-refractivity contribution is 5.89. The molecule has 0 spiro atoms.